The summed E-state index contributed by atoms with van der Waals surface area (Å²) >= 11 is 0. The second-order valence-corrected chi connectivity index (χ2v) is 7.87. The standard InChI is InChI=1S/C24H27N3O5/c1-5-30-23(28)21-17(25-24(29)26-22(21)19-11-10-14(2)31-19)13-27(4)15(3)20-12-16-8-6-7-9-18(16)32-20/h6-12,15,22H,5,13H2,1-4H3,(H2,25,26,29)/t15-,22+/m0/s1. The number of hydrogen-bond donors (Lipinski definition) is 2. The van der Waals surface area contributed by atoms with Crippen LogP contribution in [0.4, 0.5) is 4.79 Å². The number of nitrogens with one attached hydrogen (secondary N) is 2. The summed E-state index contributed by atoms with van der Waals surface area (Å²) in [5.41, 5.74) is 1.61. The minimum absolute atomic E-state index is 0.102. The molecule has 3 heterocycles. The van der Waals surface area contributed by atoms with Crippen LogP contribution in [0, 0.1) is 6.92 Å². The molecule has 0 aliphatic carbocycles. The summed E-state index contributed by atoms with van der Waals surface area (Å²) in [6.45, 7) is 6.09. The van der Waals surface area contributed by atoms with Crippen molar-refractivity contribution in [2.75, 3.05) is 20.2 Å². The third-order valence-electron chi connectivity index (χ3n) is 5.62. The van der Waals surface area contributed by atoms with E-state index in [1.54, 1.807) is 19.1 Å². The molecule has 168 valence electrons. The molecular weight excluding hydrogens is 410 g/mol. The highest BCUT2D eigenvalue weighted by atomic mass is 16.5. The number of aryl methyl sites for hydroxylation is 1. The van der Waals surface area contributed by atoms with Crippen molar-refractivity contribution in [3.8, 4) is 0 Å². The van der Waals surface area contributed by atoms with Crippen molar-refractivity contribution in [3.05, 3.63) is 71.0 Å². The molecule has 3 aromatic rings. The van der Waals surface area contributed by atoms with Crippen molar-refractivity contribution in [1.82, 2.24) is 15.5 Å². The number of esters is 1. The molecule has 1 aliphatic heterocycles. The van der Waals surface area contributed by atoms with Gasteiger partial charge in [0, 0.05) is 17.6 Å². The zero-order valence-electron chi connectivity index (χ0n) is 18.6. The van der Waals surface area contributed by atoms with Gasteiger partial charge in [0.05, 0.1) is 18.2 Å². The van der Waals surface area contributed by atoms with Crippen molar-refractivity contribution in [2.24, 2.45) is 0 Å². The van der Waals surface area contributed by atoms with Gasteiger partial charge in [-0.15, -0.1) is 0 Å². The number of carbonyl (C=O) groups is 2. The minimum Gasteiger partial charge on any atom is -0.464 e. The molecule has 2 N–H and O–H groups in total. The number of benzene rings is 1. The van der Waals surface area contributed by atoms with Gasteiger partial charge >= 0.3 is 12.0 Å². The molecule has 0 saturated carbocycles. The lowest BCUT2D eigenvalue weighted by Gasteiger charge is -2.31. The Bertz CT molecular complexity index is 1140. The minimum atomic E-state index is -0.735. The van der Waals surface area contributed by atoms with Crippen molar-refractivity contribution < 1.29 is 23.2 Å². The van der Waals surface area contributed by atoms with Crippen LogP contribution in [0.1, 0.15) is 43.2 Å². The monoisotopic (exact) mass is 437 g/mol. The van der Waals surface area contributed by atoms with E-state index in [4.69, 9.17) is 13.6 Å². The van der Waals surface area contributed by atoms with Crippen molar-refractivity contribution in [3.63, 3.8) is 0 Å². The molecule has 0 bridgehead atoms. The molecule has 4 rings (SSSR count). The summed E-state index contributed by atoms with van der Waals surface area (Å²) < 4.78 is 17.0. The Morgan fingerprint density at radius 2 is 2.00 bits per heavy atom. The van der Waals surface area contributed by atoms with Gasteiger partial charge in [-0.1, -0.05) is 18.2 Å². The fourth-order valence-electron chi connectivity index (χ4n) is 3.83. The first-order chi connectivity index (χ1) is 15.4. The Morgan fingerprint density at radius 3 is 2.69 bits per heavy atom. The summed E-state index contributed by atoms with van der Waals surface area (Å²) in [4.78, 5) is 27.3. The van der Waals surface area contributed by atoms with E-state index in [9.17, 15) is 9.59 Å². The van der Waals surface area contributed by atoms with Gasteiger partial charge in [-0.2, -0.15) is 0 Å². The summed E-state index contributed by atoms with van der Waals surface area (Å²) in [5, 5.41) is 6.59. The number of urea groups is 1. The lowest BCUT2D eigenvalue weighted by Crippen LogP contribution is -2.48. The van der Waals surface area contributed by atoms with Gasteiger partial charge in [0.1, 0.15) is 28.9 Å². The molecule has 32 heavy (non-hydrogen) atoms. The van der Waals surface area contributed by atoms with Gasteiger partial charge in [0.15, 0.2) is 0 Å². The Hall–Kier alpha value is -3.52. The lowest BCUT2D eigenvalue weighted by atomic mass is 9.99. The summed E-state index contributed by atoms with van der Waals surface area (Å²) in [5.74, 6) is 1.46. The number of rotatable bonds is 7. The van der Waals surface area contributed by atoms with E-state index in [1.165, 1.54) is 0 Å². The average molecular weight is 437 g/mol. The molecule has 2 aromatic heterocycles. The Balaban J connectivity index is 1.66. The summed E-state index contributed by atoms with van der Waals surface area (Å²) in [7, 11) is 1.91. The largest absolute Gasteiger partial charge is 0.464 e. The normalized spacial score (nSPS) is 17.4. The number of likely N-dealkylation sites (N-methyl/N-ethyl adjacent to an activating group) is 1. The molecule has 1 aliphatic rings. The van der Waals surface area contributed by atoms with E-state index in [0.29, 0.717) is 29.3 Å². The Labute approximate surface area is 186 Å². The molecule has 1 aromatic carbocycles. The van der Waals surface area contributed by atoms with E-state index < -0.39 is 18.0 Å². The summed E-state index contributed by atoms with van der Waals surface area (Å²) in [6.07, 6.45) is 0. The van der Waals surface area contributed by atoms with Crippen molar-refractivity contribution in [2.45, 2.75) is 32.9 Å². The first-order valence-corrected chi connectivity index (χ1v) is 10.6. The van der Waals surface area contributed by atoms with Crippen molar-refractivity contribution in [1.29, 1.82) is 0 Å². The Kier molecular flexibility index (Phi) is 6.05. The number of amides is 2. The van der Waals surface area contributed by atoms with Crippen LogP contribution < -0.4 is 10.6 Å². The first-order valence-electron chi connectivity index (χ1n) is 10.6. The van der Waals surface area contributed by atoms with Gasteiger partial charge in [0.2, 0.25) is 0 Å². The molecule has 0 unspecified atom stereocenters. The number of hydrogen-bond acceptors (Lipinski definition) is 6. The third kappa shape index (κ3) is 4.27. The van der Waals surface area contributed by atoms with Crippen LogP contribution in [0.3, 0.4) is 0 Å². The van der Waals surface area contributed by atoms with Gasteiger partial charge < -0.3 is 24.2 Å². The maximum Gasteiger partial charge on any atom is 0.338 e. The van der Waals surface area contributed by atoms with Crippen molar-refractivity contribution >= 4 is 23.0 Å². The SMILES string of the molecule is CCOC(=O)C1=C(CN(C)[C@@H](C)c2cc3ccccc3o2)NC(=O)N[C@@H]1c1ccc(C)o1. The van der Waals surface area contributed by atoms with Crippen LogP contribution in [-0.4, -0.2) is 37.1 Å². The number of ether oxygens (including phenoxy) is 1. The van der Waals surface area contributed by atoms with E-state index in [-0.39, 0.29) is 12.6 Å². The van der Waals surface area contributed by atoms with Crippen LogP contribution in [0.5, 0.6) is 0 Å². The summed E-state index contributed by atoms with van der Waals surface area (Å²) in [6, 6.07) is 12.1. The average Bonchev–Trinajstić information content (AvgIpc) is 3.39. The molecular formula is C24H27N3O5. The number of furan rings is 2. The molecule has 0 fully saturated rings. The number of para-hydroxylation sites is 1. The first kappa shape index (κ1) is 21.7. The second kappa shape index (κ2) is 8.92. The van der Waals surface area contributed by atoms with Crippen LogP contribution in [-0.2, 0) is 9.53 Å². The van der Waals surface area contributed by atoms with Crippen LogP contribution in [0.15, 0.2) is 62.6 Å². The molecule has 0 saturated heterocycles. The van der Waals surface area contributed by atoms with Gasteiger partial charge in [-0.3, -0.25) is 4.90 Å². The van der Waals surface area contributed by atoms with Gasteiger partial charge in [0.25, 0.3) is 0 Å². The second-order valence-electron chi connectivity index (χ2n) is 7.87. The Morgan fingerprint density at radius 1 is 1.22 bits per heavy atom. The van der Waals surface area contributed by atoms with E-state index in [0.717, 1.165) is 16.7 Å². The molecule has 8 heteroatoms. The zero-order valence-corrected chi connectivity index (χ0v) is 18.6. The topological polar surface area (TPSA) is 97.0 Å². The zero-order chi connectivity index (χ0) is 22.8. The van der Waals surface area contributed by atoms with Crippen LogP contribution in [0.2, 0.25) is 0 Å². The molecule has 0 radical (unpaired) electrons. The fraction of sp³-hybridized carbons (Fsp3) is 0.333. The predicted octanol–water partition coefficient (Wildman–Crippen LogP) is 4.20. The molecule has 2 amide bonds. The quantitative estimate of drug-likeness (QED) is 0.538. The predicted molar refractivity (Wildman–Crippen MR) is 119 cm³/mol. The van der Waals surface area contributed by atoms with Crippen LogP contribution >= 0.6 is 0 Å². The van der Waals surface area contributed by atoms with E-state index in [2.05, 4.69) is 10.6 Å². The van der Waals surface area contributed by atoms with Crippen LogP contribution in [0.25, 0.3) is 11.0 Å². The number of fused-ring (bicyclic) bond motifs is 1. The third-order valence-corrected chi connectivity index (χ3v) is 5.62. The number of carbonyl (C=O) groups excluding carboxylic acids is 2. The molecule has 0 spiro atoms. The fourth-order valence-corrected chi connectivity index (χ4v) is 3.83. The maximum absolute atomic E-state index is 12.9. The highest BCUT2D eigenvalue weighted by molar-refractivity contribution is 5.95. The van der Waals surface area contributed by atoms with E-state index in [1.807, 2.05) is 56.1 Å². The highest BCUT2D eigenvalue weighted by Gasteiger charge is 2.36. The lowest BCUT2D eigenvalue weighted by molar-refractivity contribution is -0.139. The highest BCUT2D eigenvalue weighted by Crippen LogP contribution is 2.31. The maximum atomic E-state index is 12.9. The smallest absolute Gasteiger partial charge is 0.338 e. The molecule has 2 atom stereocenters. The van der Waals surface area contributed by atoms with E-state index >= 15 is 0 Å². The number of nitrogens with zero attached hydrogens (tertiary/aromatic N) is 1. The molecule has 8 nitrogen and oxygen atoms in total. The van der Waals surface area contributed by atoms with Gasteiger partial charge in [-0.25, -0.2) is 9.59 Å². The van der Waals surface area contributed by atoms with Gasteiger partial charge in [-0.05, 0) is 52.1 Å².